The van der Waals surface area contributed by atoms with Crippen LogP contribution in [-0.4, -0.2) is 32.5 Å². The molecule has 0 heterocycles. The summed E-state index contributed by atoms with van der Waals surface area (Å²) in [6, 6.07) is 5.77. The fraction of sp³-hybridized carbons (Fsp3) is 0.538. The van der Waals surface area contributed by atoms with E-state index in [9.17, 15) is 5.11 Å². The Bertz CT molecular complexity index is 402. The van der Waals surface area contributed by atoms with Gasteiger partial charge in [-0.3, -0.25) is 0 Å². The van der Waals surface area contributed by atoms with Crippen LogP contribution >= 0.6 is 0 Å². The van der Waals surface area contributed by atoms with Crippen LogP contribution in [-0.2, 0) is 0 Å². The minimum Gasteiger partial charge on any atom is -0.497 e. The second-order valence-electron chi connectivity index (χ2n) is 4.59. The van der Waals surface area contributed by atoms with Gasteiger partial charge in [-0.05, 0) is 24.0 Å². The fourth-order valence-corrected chi connectivity index (χ4v) is 2.36. The van der Waals surface area contributed by atoms with Crippen molar-refractivity contribution in [3.05, 3.63) is 23.8 Å². The number of nitrogens with two attached hydrogens (primary N) is 1. The Morgan fingerprint density at radius 2 is 2.18 bits per heavy atom. The number of aliphatic hydroxyl groups is 1. The van der Waals surface area contributed by atoms with Gasteiger partial charge in [0.05, 0.1) is 20.8 Å². The quantitative estimate of drug-likeness (QED) is 0.805. The van der Waals surface area contributed by atoms with Crippen molar-refractivity contribution in [2.24, 2.45) is 11.1 Å². The van der Waals surface area contributed by atoms with Gasteiger partial charge in [-0.1, -0.05) is 6.07 Å². The fourth-order valence-electron chi connectivity index (χ4n) is 2.36. The first-order valence-electron chi connectivity index (χ1n) is 5.73. The summed E-state index contributed by atoms with van der Waals surface area (Å²) in [7, 11) is 3.27. The summed E-state index contributed by atoms with van der Waals surface area (Å²) in [6.07, 6.45) is 0.919. The number of rotatable bonds is 5. The van der Waals surface area contributed by atoms with E-state index in [4.69, 9.17) is 15.2 Å². The zero-order valence-corrected chi connectivity index (χ0v) is 10.3. The summed E-state index contributed by atoms with van der Waals surface area (Å²) in [5, 5.41) is 9.41. The number of benzene rings is 1. The Hall–Kier alpha value is -1.26. The first-order valence-corrected chi connectivity index (χ1v) is 5.73. The molecule has 0 aromatic heterocycles. The maximum atomic E-state index is 9.41. The third kappa shape index (κ3) is 1.98. The molecule has 0 unspecified atom stereocenters. The topological polar surface area (TPSA) is 64.7 Å². The highest BCUT2D eigenvalue weighted by molar-refractivity contribution is 5.46. The van der Waals surface area contributed by atoms with Gasteiger partial charge in [0.1, 0.15) is 11.5 Å². The Morgan fingerprint density at radius 3 is 2.65 bits per heavy atom. The highest BCUT2D eigenvalue weighted by Crippen LogP contribution is 2.60. The van der Waals surface area contributed by atoms with Crippen LogP contribution in [0.3, 0.4) is 0 Å². The monoisotopic (exact) mass is 237 g/mol. The number of hydrogen-bond acceptors (Lipinski definition) is 4. The van der Waals surface area contributed by atoms with Crippen LogP contribution in [0, 0.1) is 5.41 Å². The second-order valence-corrected chi connectivity index (χ2v) is 4.59. The van der Waals surface area contributed by atoms with E-state index in [2.05, 4.69) is 0 Å². The van der Waals surface area contributed by atoms with Gasteiger partial charge in [-0.15, -0.1) is 0 Å². The zero-order chi connectivity index (χ0) is 12.5. The predicted molar refractivity (Wildman–Crippen MR) is 65.5 cm³/mol. The molecule has 1 aliphatic rings. The average Bonchev–Trinajstić information content (AvgIpc) is 3.13. The number of hydrogen-bond donors (Lipinski definition) is 2. The minimum atomic E-state index is -0.151. The van der Waals surface area contributed by atoms with Crippen LogP contribution in [0.2, 0.25) is 0 Å². The Morgan fingerprint density at radius 1 is 1.41 bits per heavy atom. The molecule has 2 rings (SSSR count). The molecule has 4 heteroatoms. The lowest BCUT2D eigenvalue weighted by atomic mass is 9.99. The molecule has 0 amide bonds. The summed E-state index contributed by atoms with van der Waals surface area (Å²) in [5.41, 5.74) is 6.68. The average molecular weight is 237 g/mol. The molecule has 0 bridgehead atoms. The largest absolute Gasteiger partial charge is 0.497 e. The van der Waals surface area contributed by atoms with Crippen LogP contribution in [0.25, 0.3) is 0 Å². The van der Waals surface area contributed by atoms with Crippen molar-refractivity contribution in [2.45, 2.75) is 12.3 Å². The number of methoxy groups -OCH3 is 2. The van der Waals surface area contributed by atoms with E-state index in [1.54, 1.807) is 14.2 Å². The summed E-state index contributed by atoms with van der Waals surface area (Å²) >= 11 is 0. The molecule has 0 aliphatic heterocycles. The van der Waals surface area contributed by atoms with Gasteiger partial charge in [-0.2, -0.15) is 0 Å². The summed E-state index contributed by atoms with van der Waals surface area (Å²) < 4.78 is 10.5. The molecule has 94 valence electrons. The lowest BCUT2D eigenvalue weighted by Gasteiger charge is -2.14. The van der Waals surface area contributed by atoms with Crippen LogP contribution in [0.4, 0.5) is 0 Å². The summed E-state index contributed by atoms with van der Waals surface area (Å²) in [6.45, 7) is 0.632. The van der Waals surface area contributed by atoms with Crippen molar-refractivity contribution in [1.82, 2.24) is 0 Å². The van der Waals surface area contributed by atoms with Crippen molar-refractivity contribution in [3.63, 3.8) is 0 Å². The van der Waals surface area contributed by atoms with Gasteiger partial charge in [-0.25, -0.2) is 0 Å². The van der Waals surface area contributed by atoms with Gasteiger partial charge in [0.2, 0.25) is 0 Å². The molecule has 0 spiro atoms. The molecule has 2 atom stereocenters. The molecule has 4 nitrogen and oxygen atoms in total. The predicted octanol–water partition coefficient (Wildman–Crippen LogP) is 1.13. The van der Waals surface area contributed by atoms with Gasteiger partial charge in [0.15, 0.2) is 0 Å². The molecule has 0 radical (unpaired) electrons. The number of ether oxygens (including phenoxy) is 2. The van der Waals surface area contributed by atoms with Crippen molar-refractivity contribution in [3.8, 4) is 11.5 Å². The molecule has 1 saturated carbocycles. The molecule has 1 aliphatic carbocycles. The van der Waals surface area contributed by atoms with Crippen molar-refractivity contribution in [1.29, 1.82) is 0 Å². The van der Waals surface area contributed by atoms with Gasteiger partial charge < -0.3 is 20.3 Å². The Kier molecular flexibility index (Phi) is 3.26. The van der Waals surface area contributed by atoms with Crippen molar-refractivity contribution < 1.29 is 14.6 Å². The smallest absolute Gasteiger partial charge is 0.126 e. The van der Waals surface area contributed by atoms with Gasteiger partial charge in [0, 0.05) is 18.0 Å². The van der Waals surface area contributed by atoms with E-state index in [1.165, 1.54) is 0 Å². The standard InChI is InChI=1S/C13H19NO3/c1-16-9-3-4-10(12(5-9)17-2)11-6-13(11,7-14)8-15/h3-5,11,15H,6-8,14H2,1-2H3/t11-,13-/m0/s1. The van der Waals surface area contributed by atoms with Crippen LogP contribution in [0.15, 0.2) is 18.2 Å². The maximum absolute atomic E-state index is 9.41. The van der Waals surface area contributed by atoms with Crippen LogP contribution in [0.5, 0.6) is 11.5 Å². The molecule has 1 fully saturated rings. The first-order chi connectivity index (χ1) is 8.20. The molecule has 0 saturated heterocycles. The molecular weight excluding hydrogens is 218 g/mol. The van der Waals surface area contributed by atoms with E-state index in [1.807, 2.05) is 18.2 Å². The zero-order valence-electron chi connectivity index (χ0n) is 10.3. The Balaban J connectivity index is 2.28. The molecule has 3 N–H and O–H groups in total. The molecule has 1 aromatic carbocycles. The van der Waals surface area contributed by atoms with Gasteiger partial charge in [0.25, 0.3) is 0 Å². The normalized spacial score (nSPS) is 26.7. The van der Waals surface area contributed by atoms with Crippen molar-refractivity contribution >= 4 is 0 Å². The third-order valence-corrected chi connectivity index (χ3v) is 3.73. The van der Waals surface area contributed by atoms with Crippen LogP contribution in [0.1, 0.15) is 17.9 Å². The Labute approximate surface area is 101 Å². The second kappa shape index (κ2) is 4.55. The maximum Gasteiger partial charge on any atom is 0.126 e. The van der Waals surface area contributed by atoms with E-state index >= 15 is 0 Å². The minimum absolute atomic E-state index is 0.128. The van der Waals surface area contributed by atoms with E-state index < -0.39 is 0 Å². The number of aliphatic hydroxyl groups excluding tert-OH is 1. The summed E-state index contributed by atoms with van der Waals surface area (Å²) in [4.78, 5) is 0. The van der Waals surface area contributed by atoms with Gasteiger partial charge >= 0.3 is 0 Å². The molecular formula is C13H19NO3. The highest BCUT2D eigenvalue weighted by atomic mass is 16.5. The van der Waals surface area contributed by atoms with E-state index in [0.29, 0.717) is 12.5 Å². The van der Waals surface area contributed by atoms with Crippen LogP contribution < -0.4 is 15.2 Å². The lowest BCUT2D eigenvalue weighted by Crippen LogP contribution is -2.21. The van der Waals surface area contributed by atoms with Crippen molar-refractivity contribution in [2.75, 3.05) is 27.4 Å². The first kappa shape index (κ1) is 12.2. The molecule has 17 heavy (non-hydrogen) atoms. The third-order valence-electron chi connectivity index (χ3n) is 3.73. The lowest BCUT2D eigenvalue weighted by molar-refractivity contribution is 0.211. The summed E-state index contributed by atoms with van der Waals surface area (Å²) in [5.74, 6) is 1.87. The highest BCUT2D eigenvalue weighted by Gasteiger charge is 2.54. The van der Waals surface area contributed by atoms with E-state index in [-0.39, 0.29) is 12.0 Å². The SMILES string of the molecule is COc1ccc([C@@H]2C[C@]2(CN)CO)c(OC)c1. The molecule has 1 aromatic rings. The van der Waals surface area contributed by atoms with E-state index in [0.717, 1.165) is 23.5 Å².